The van der Waals surface area contributed by atoms with Gasteiger partial charge in [-0.15, -0.1) is 12.4 Å². The normalized spacial score (nSPS) is 17.7. The zero-order valence-electron chi connectivity index (χ0n) is 11.0. The molecule has 0 unspecified atom stereocenters. The number of nitrogens with two attached hydrogens (primary N) is 1. The summed E-state index contributed by atoms with van der Waals surface area (Å²) in [6.07, 6.45) is 2.08. The van der Waals surface area contributed by atoms with E-state index in [0.717, 1.165) is 25.9 Å². The Kier molecular flexibility index (Phi) is 6.27. The second kappa shape index (κ2) is 7.72. The molecule has 1 aromatic rings. The molecule has 1 aliphatic rings. The summed E-state index contributed by atoms with van der Waals surface area (Å²) >= 11 is 0. The minimum Gasteiger partial charge on any atom is -0.351 e. The number of piperidine rings is 1. The molecule has 1 aromatic carbocycles. The number of hydrogen-bond acceptors (Lipinski definition) is 3. The number of amides is 3. The number of anilines is 1. The molecule has 1 heterocycles. The number of benzene rings is 1. The lowest BCUT2D eigenvalue weighted by atomic mass is 10.1. The Bertz CT molecular complexity index is 458. The van der Waals surface area contributed by atoms with Gasteiger partial charge >= 0.3 is 6.03 Å². The molecule has 0 aromatic heterocycles. The highest BCUT2D eigenvalue weighted by Gasteiger charge is 2.16. The van der Waals surface area contributed by atoms with Crippen LogP contribution in [0.1, 0.15) is 23.2 Å². The first-order valence-electron chi connectivity index (χ1n) is 6.33. The standard InChI is InChI=1S/C13H18N4O2.ClH/c14-13(19)17-10-5-3-9(4-6-10)12(18)16-11-2-1-7-15-8-11;/h3-6,11,15H,1-2,7-8H2,(H,16,18)(H3,14,17,19);1H/t11-;/m0./s1. The van der Waals surface area contributed by atoms with Crippen molar-refractivity contribution in [2.24, 2.45) is 5.73 Å². The summed E-state index contributed by atoms with van der Waals surface area (Å²) in [5.74, 6) is -0.0978. The van der Waals surface area contributed by atoms with Crippen LogP contribution in [-0.4, -0.2) is 31.1 Å². The molecular formula is C13H19ClN4O2. The van der Waals surface area contributed by atoms with Crippen LogP contribution in [0.2, 0.25) is 0 Å². The molecule has 20 heavy (non-hydrogen) atoms. The van der Waals surface area contributed by atoms with Gasteiger partial charge in [0, 0.05) is 23.8 Å². The van der Waals surface area contributed by atoms with Crippen LogP contribution in [0.4, 0.5) is 10.5 Å². The minimum atomic E-state index is -0.620. The Morgan fingerprint density at radius 3 is 2.50 bits per heavy atom. The predicted octanol–water partition coefficient (Wildman–Crippen LogP) is 1.08. The molecule has 2 rings (SSSR count). The van der Waals surface area contributed by atoms with E-state index in [1.54, 1.807) is 24.3 Å². The molecule has 0 saturated carbocycles. The van der Waals surface area contributed by atoms with E-state index in [-0.39, 0.29) is 24.4 Å². The quantitative estimate of drug-likeness (QED) is 0.672. The van der Waals surface area contributed by atoms with Crippen LogP contribution in [0.15, 0.2) is 24.3 Å². The first-order valence-corrected chi connectivity index (χ1v) is 6.33. The highest BCUT2D eigenvalue weighted by atomic mass is 35.5. The third-order valence-electron chi connectivity index (χ3n) is 3.05. The molecule has 1 aliphatic heterocycles. The maximum atomic E-state index is 12.0. The van der Waals surface area contributed by atoms with Crippen LogP contribution >= 0.6 is 12.4 Å². The van der Waals surface area contributed by atoms with E-state index < -0.39 is 6.03 Å². The van der Waals surface area contributed by atoms with Crippen LogP contribution in [-0.2, 0) is 0 Å². The molecule has 110 valence electrons. The van der Waals surface area contributed by atoms with Gasteiger partial charge in [-0.1, -0.05) is 0 Å². The molecule has 1 atom stereocenters. The Balaban J connectivity index is 0.00000200. The molecule has 5 N–H and O–H groups in total. The SMILES string of the molecule is Cl.NC(=O)Nc1ccc(C(=O)N[C@H]2CCCNC2)cc1. The fourth-order valence-corrected chi connectivity index (χ4v) is 2.09. The second-order valence-corrected chi connectivity index (χ2v) is 4.58. The number of hydrogen-bond donors (Lipinski definition) is 4. The maximum Gasteiger partial charge on any atom is 0.316 e. The summed E-state index contributed by atoms with van der Waals surface area (Å²) in [5, 5.41) is 8.68. The van der Waals surface area contributed by atoms with Crippen molar-refractivity contribution in [3.05, 3.63) is 29.8 Å². The number of urea groups is 1. The average Bonchev–Trinajstić information content (AvgIpc) is 2.40. The summed E-state index contributed by atoms with van der Waals surface area (Å²) in [5.41, 5.74) is 6.15. The Labute approximate surface area is 123 Å². The Hall–Kier alpha value is -1.79. The van der Waals surface area contributed by atoms with Crippen LogP contribution < -0.4 is 21.7 Å². The number of primary amides is 1. The summed E-state index contributed by atoms with van der Waals surface area (Å²) in [6, 6.07) is 6.20. The van der Waals surface area contributed by atoms with E-state index in [2.05, 4.69) is 16.0 Å². The van der Waals surface area contributed by atoms with Crippen molar-refractivity contribution in [1.82, 2.24) is 10.6 Å². The molecule has 1 saturated heterocycles. The van der Waals surface area contributed by atoms with Gasteiger partial charge in [-0.2, -0.15) is 0 Å². The third-order valence-corrected chi connectivity index (χ3v) is 3.05. The van der Waals surface area contributed by atoms with Crippen molar-refractivity contribution in [1.29, 1.82) is 0 Å². The number of rotatable bonds is 3. The maximum absolute atomic E-state index is 12.0. The largest absolute Gasteiger partial charge is 0.351 e. The topological polar surface area (TPSA) is 96.2 Å². The highest BCUT2D eigenvalue weighted by molar-refractivity contribution is 5.95. The van der Waals surface area contributed by atoms with E-state index in [1.807, 2.05) is 0 Å². The molecule has 1 fully saturated rings. The lowest BCUT2D eigenvalue weighted by molar-refractivity contribution is 0.0930. The average molecular weight is 299 g/mol. The van der Waals surface area contributed by atoms with Crippen molar-refractivity contribution >= 4 is 30.0 Å². The van der Waals surface area contributed by atoms with E-state index >= 15 is 0 Å². The van der Waals surface area contributed by atoms with E-state index in [1.165, 1.54) is 0 Å². The van der Waals surface area contributed by atoms with Crippen LogP contribution in [0.3, 0.4) is 0 Å². The van der Waals surface area contributed by atoms with Gasteiger partial charge in [0.05, 0.1) is 0 Å². The first kappa shape index (κ1) is 16.3. The van der Waals surface area contributed by atoms with Gasteiger partial charge in [-0.3, -0.25) is 4.79 Å². The Morgan fingerprint density at radius 2 is 1.95 bits per heavy atom. The van der Waals surface area contributed by atoms with E-state index in [4.69, 9.17) is 5.73 Å². The van der Waals surface area contributed by atoms with E-state index in [0.29, 0.717) is 11.3 Å². The van der Waals surface area contributed by atoms with Crippen molar-refractivity contribution < 1.29 is 9.59 Å². The molecule has 0 aliphatic carbocycles. The van der Waals surface area contributed by atoms with Gasteiger partial charge < -0.3 is 21.7 Å². The van der Waals surface area contributed by atoms with Crippen LogP contribution in [0.5, 0.6) is 0 Å². The molecule has 0 radical (unpaired) electrons. The van der Waals surface area contributed by atoms with Gasteiger partial charge in [-0.25, -0.2) is 4.79 Å². The van der Waals surface area contributed by atoms with E-state index in [9.17, 15) is 9.59 Å². The highest BCUT2D eigenvalue weighted by Crippen LogP contribution is 2.10. The zero-order valence-corrected chi connectivity index (χ0v) is 11.8. The molecule has 6 nitrogen and oxygen atoms in total. The van der Waals surface area contributed by atoms with Gasteiger partial charge in [-0.05, 0) is 43.7 Å². The molecule has 3 amide bonds. The number of halogens is 1. The van der Waals surface area contributed by atoms with Crippen molar-refractivity contribution in [2.45, 2.75) is 18.9 Å². The molecular weight excluding hydrogens is 280 g/mol. The lowest BCUT2D eigenvalue weighted by Gasteiger charge is -2.23. The number of carbonyl (C=O) groups is 2. The minimum absolute atomic E-state index is 0. The summed E-state index contributed by atoms with van der Waals surface area (Å²) < 4.78 is 0. The van der Waals surface area contributed by atoms with Gasteiger partial charge in [0.2, 0.25) is 0 Å². The van der Waals surface area contributed by atoms with Gasteiger partial charge in [0.25, 0.3) is 5.91 Å². The van der Waals surface area contributed by atoms with Crippen molar-refractivity contribution in [3.63, 3.8) is 0 Å². The van der Waals surface area contributed by atoms with Gasteiger partial charge in [0.1, 0.15) is 0 Å². The number of nitrogens with one attached hydrogen (secondary N) is 3. The number of carbonyl (C=O) groups excluding carboxylic acids is 2. The molecule has 0 spiro atoms. The van der Waals surface area contributed by atoms with Gasteiger partial charge in [0.15, 0.2) is 0 Å². The second-order valence-electron chi connectivity index (χ2n) is 4.58. The van der Waals surface area contributed by atoms with Crippen LogP contribution in [0.25, 0.3) is 0 Å². The molecule has 0 bridgehead atoms. The first-order chi connectivity index (χ1) is 9.15. The summed E-state index contributed by atoms with van der Waals surface area (Å²) in [4.78, 5) is 22.7. The van der Waals surface area contributed by atoms with Crippen molar-refractivity contribution in [2.75, 3.05) is 18.4 Å². The monoisotopic (exact) mass is 298 g/mol. The smallest absolute Gasteiger partial charge is 0.316 e. The fraction of sp³-hybridized carbons (Fsp3) is 0.385. The third kappa shape index (κ3) is 4.71. The Morgan fingerprint density at radius 1 is 1.25 bits per heavy atom. The summed E-state index contributed by atoms with van der Waals surface area (Å²) in [7, 11) is 0. The van der Waals surface area contributed by atoms with Crippen LogP contribution in [0, 0.1) is 0 Å². The fourth-order valence-electron chi connectivity index (χ4n) is 2.09. The van der Waals surface area contributed by atoms with Crippen molar-refractivity contribution in [3.8, 4) is 0 Å². The summed E-state index contributed by atoms with van der Waals surface area (Å²) in [6.45, 7) is 1.83. The predicted molar refractivity (Wildman–Crippen MR) is 80.3 cm³/mol. The zero-order chi connectivity index (χ0) is 13.7. The molecule has 7 heteroatoms. The lowest BCUT2D eigenvalue weighted by Crippen LogP contribution is -2.45.